The maximum atomic E-state index is 13.0. The fraction of sp³-hybridized carbons (Fsp3) is 0.273. The Morgan fingerprint density at radius 3 is 1.25 bits per heavy atom. The Morgan fingerprint density at radius 2 is 0.917 bits per heavy atom. The summed E-state index contributed by atoms with van der Waals surface area (Å²) in [4.78, 5) is 38.0. The highest BCUT2D eigenvalue weighted by Crippen LogP contribution is 2.28. The van der Waals surface area contributed by atoms with Crippen LogP contribution in [0, 0.1) is 0 Å². The van der Waals surface area contributed by atoms with Gasteiger partial charge in [0.1, 0.15) is 32.9 Å². The van der Waals surface area contributed by atoms with Gasteiger partial charge >= 0.3 is 17.6 Å². The molecule has 0 bridgehead atoms. The topological polar surface area (TPSA) is 343 Å². The van der Waals surface area contributed by atoms with E-state index in [1.807, 2.05) is 0 Å². The maximum Gasteiger partial charge on any atom is 0.500 e. The largest absolute Gasteiger partial charge is 0.508 e. The normalized spacial score (nSPS) is 13.7. The van der Waals surface area contributed by atoms with Gasteiger partial charge in [0, 0.05) is 91.1 Å². The lowest BCUT2D eigenvalue weighted by Gasteiger charge is -2.23. The molecule has 72 heavy (non-hydrogen) atoms. The van der Waals surface area contributed by atoms with Crippen molar-refractivity contribution in [3.8, 4) is 34.3 Å². The van der Waals surface area contributed by atoms with E-state index < -0.39 is 47.6 Å². The molecular formula is C44H54N10O14S2Si2. The number of rotatable bonds is 22. The number of nitrogens with one attached hydrogen (secondary N) is 4. The predicted molar refractivity (Wildman–Crippen MR) is 265 cm³/mol. The Bertz CT molecular complexity index is 3190. The number of benzene rings is 4. The fourth-order valence-electron chi connectivity index (χ4n) is 7.08. The number of nitrogens with zero attached hydrogens (tertiary/aromatic N) is 6. The molecule has 384 valence electrons. The van der Waals surface area contributed by atoms with Crippen molar-refractivity contribution in [1.82, 2.24) is 29.9 Å². The van der Waals surface area contributed by atoms with Crippen LogP contribution in [0.3, 0.4) is 0 Å². The van der Waals surface area contributed by atoms with Gasteiger partial charge in [0.05, 0.1) is 11.4 Å². The second-order valence-electron chi connectivity index (χ2n) is 15.4. The fourth-order valence-corrected chi connectivity index (χ4v) is 11.9. The SMILES string of the molecule is CO[Si](CCCN=c1nc(-c2ccc(/C=C/c3ccc(-c4nc(=NCCC[Si](OC)(OC)OC)[nH]c(=Nc5cccc(O)c5)[nH]4)cc3S(=O)(=O)O)c(S(=O)(=O)O)c2)[nH]c(=Nc2cccc(O)c2)[nH]1)(OC)OC. The minimum Gasteiger partial charge on any atom is -0.508 e. The van der Waals surface area contributed by atoms with Crippen LogP contribution in [-0.2, 0) is 46.8 Å². The molecule has 6 rings (SSSR count). The molecule has 4 aromatic carbocycles. The first-order chi connectivity index (χ1) is 34.3. The summed E-state index contributed by atoms with van der Waals surface area (Å²) in [5, 5.41) is 20.1. The second kappa shape index (κ2) is 24.2. The van der Waals surface area contributed by atoms with Crippen molar-refractivity contribution in [1.29, 1.82) is 0 Å². The third kappa shape index (κ3) is 14.5. The van der Waals surface area contributed by atoms with Crippen LogP contribution in [0.25, 0.3) is 34.9 Å². The molecule has 0 aliphatic heterocycles. The molecule has 24 nitrogen and oxygen atoms in total. The second-order valence-corrected chi connectivity index (χ2v) is 24.3. The molecule has 0 unspecified atom stereocenters. The quantitative estimate of drug-likeness (QED) is 0.0206. The lowest BCUT2D eigenvalue weighted by atomic mass is 10.1. The molecule has 0 fully saturated rings. The lowest BCUT2D eigenvalue weighted by molar-refractivity contribution is 0.122. The number of aromatic nitrogens is 6. The van der Waals surface area contributed by atoms with Gasteiger partial charge in [0.2, 0.25) is 22.5 Å². The minimum atomic E-state index is -4.95. The van der Waals surface area contributed by atoms with Gasteiger partial charge in [-0.15, -0.1) is 0 Å². The highest BCUT2D eigenvalue weighted by molar-refractivity contribution is 7.86. The Morgan fingerprint density at radius 1 is 0.542 bits per heavy atom. The van der Waals surface area contributed by atoms with Crippen LogP contribution in [0.4, 0.5) is 11.4 Å². The maximum absolute atomic E-state index is 13.0. The van der Waals surface area contributed by atoms with E-state index in [1.165, 1.54) is 103 Å². The smallest absolute Gasteiger partial charge is 0.500 e. The molecule has 0 aliphatic carbocycles. The summed E-state index contributed by atoms with van der Waals surface area (Å²) in [7, 11) is -6.67. The van der Waals surface area contributed by atoms with Crippen molar-refractivity contribution < 1.29 is 62.7 Å². The highest BCUT2D eigenvalue weighted by Gasteiger charge is 2.37. The van der Waals surface area contributed by atoms with E-state index in [0.29, 0.717) is 36.3 Å². The van der Waals surface area contributed by atoms with Crippen LogP contribution in [0.5, 0.6) is 11.5 Å². The van der Waals surface area contributed by atoms with Gasteiger partial charge in [-0.25, -0.2) is 9.98 Å². The van der Waals surface area contributed by atoms with Crippen molar-refractivity contribution in [3.63, 3.8) is 0 Å². The average molecular weight is 1070 g/mol. The van der Waals surface area contributed by atoms with E-state index >= 15 is 0 Å². The van der Waals surface area contributed by atoms with Gasteiger partial charge in [0.15, 0.2) is 0 Å². The first kappa shape index (κ1) is 54.8. The number of H-pyrrole nitrogens is 4. The summed E-state index contributed by atoms with van der Waals surface area (Å²) in [6.45, 7) is 0.483. The molecule has 0 spiro atoms. The third-order valence-corrected chi connectivity index (χ3v) is 18.2. The zero-order valence-corrected chi connectivity index (χ0v) is 43.5. The molecular weight excluding hydrogens is 1010 g/mol. The van der Waals surface area contributed by atoms with Crippen molar-refractivity contribution in [2.24, 2.45) is 20.0 Å². The molecule has 0 amide bonds. The van der Waals surface area contributed by atoms with Crippen LogP contribution in [0.1, 0.15) is 24.0 Å². The van der Waals surface area contributed by atoms with E-state index in [0.717, 1.165) is 12.1 Å². The van der Waals surface area contributed by atoms with Crippen LogP contribution >= 0.6 is 0 Å². The van der Waals surface area contributed by atoms with Crippen LogP contribution < -0.4 is 22.5 Å². The van der Waals surface area contributed by atoms with Gasteiger partial charge in [-0.05, 0) is 60.4 Å². The van der Waals surface area contributed by atoms with Crippen molar-refractivity contribution >= 4 is 61.4 Å². The zero-order chi connectivity index (χ0) is 52.1. The van der Waals surface area contributed by atoms with Crippen molar-refractivity contribution in [2.45, 2.75) is 34.7 Å². The molecule has 2 aromatic heterocycles. The van der Waals surface area contributed by atoms with Crippen molar-refractivity contribution in [3.05, 3.63) is 119 Å². The van der Waals surface area contributed by atoms with Gasteiger partial charge in [0.25, 0.3) is 20.2 Å². The van der Waals surface area contributed by atoms with E-state index in [9.17, 15) is 36.2 Å². The zero-order valence-electron chi connectivity index (χ0n) is 39.9. The van der Waals surface area contributed by atoms with E-state index in [1.54, 1.807) is 24.3 Å². The van der Waals surface area contributed by atoms with Crippen LogP contribution in [0.2, 0.25) is 12.1 Å². The minimum absolute atomic E-state index is 0.0354. The molecule has 0 saturated heterocycles. The van der Waals surface area contributed by atoms with Gasteiger partial charge in [-0.1, -0.05) is 48.6 Å². The number of hydrogen-bond acceptors (Lipinski definition) is 18. The molecule has 2 heterocycles. The molecule has 28 heteroatoms. The molecule has 0 saturated carbocycles. The summed E-state index contributed by atoms with van der Waals surface area (Å²) in [6, 6.07) is 21.2. The third-order valence-electron chi connectivity index (χ3n) is 10.8. The molecule has 0 aliphatic rings. The number of aromatic amines is 4. The Hall–Kier alpha value is -6.55. The van der Waals surface area contributed by atoms with E-state index in [-0.39, 0.29) is 81.0 Å². The monoisotopic (exact) mass is 1070 g/mol. The number of aromatic hydroxyl groups is 2. The van der Waals surface area contributed by atoms with Crippen LogP contribution in [0.15, 0.2) is 115 Å². The van der Waals surface area contributed by atoms with Crippen molar-refractivity contribution in [2.75, 3.05) is 55.7 Å². The number of hydrogen-bond donors (Lipinski definition) is 8. The van der Waals surface area contributed by atoms with E-state index in [2.05, 4.69) is 49.9 Å². The summed E-state index contributed by atoms with van der Waals surface area (Å²) in [5.74, 6) is 0.0869. The highest BCUT2D eigenvalue weighted by atomic mass is 32.2. The lowest BCUT2D eigenvalue weighted by Crippen LogP contribution is -2.42. The summed E-state index contributed by atoms with van der Waals surface area (Å²) < 4.78 is 106. The molecule has 0 radical (unpaired) electrons. The summed E-state index contributed by atoms with van der Waals surface area (Å²) >= 11 is 0. The Kier molecular flexibility index (Phi) is 18.4. The summed E-state index contributed by atoms with van der Waals surface area (Å²) in [6.07, 6.45) is 3.47. The van der Waals surface area contributed by atoms with E-state index in [4.69, 9.17) is 26.6 Å². The molecule has 8 N–H and O–H groups in total. The molecule has 6 aromatic rings. The first-order valence-corrected chi connectivity index (χ1v) is 28.4. The van der Waals surface area contributed by atoms with Gasteiger partial charge in [-0.3, -0.25) is 29.1 Å². The van der Waals surface area contributed by atoms with Crippen LogP contribution in [-0.4, -0.2) is 139 Å². The Balaban J connectivity index is 1.39. The van der Waals surface area contributed by atoms with Gasteiger partial charge in [-0.2, -0.15) is 26.8 Å². The number of phenols is 2. The standard InChI is InChI=1S/C44H54N10O14S2Si2/c1-63-71(64-2,65-3)23-9-21-45-41-49-39(51-43(53-41)47-33-11-7-13-35(55)27-33)31-19-17-29(37(25-31)69(57,58)59)15-16-30-18-20-32(26-38(30)70(60,61)62)40-50-42(46-22-10-24-72(66-4,67-5)68-6)54-44(52-40)48-34-12-8-14-36(56)28-34/h7-8,11-20,25-28,55-56H,9-10,21-24H2,1-6H3,(H,57,58,59)(H,60,61,62)(H2,45,47,49,51,53)(H2,46,48,50,52,54)/b16-15+. The Labute approximate surface area is 415 Å². The first-order valence-electron chi connectivity index (χ1n) is 21.7. The summed E-state index contributed by atoms with van der Waals surface area (Å²) in [5.41, 5.74) is 1.34. The average Bonchev–Trinajstić information content (AvgIpc) is 3.35. The number of phenolic OH excluding ortho intramolecular Hbond substituents is 2. The molecule has 0 atom stereocenters. The predicted octanol–water partition coefficient (Wildman–Crippen LogP) is 4.00. The van der Waals surface area contributed by atoms with Gasteiger partial charge < -0.3 is 46.7 Å².